The van der Waals surface area contributed by atoms with E-state index in [1.807, 2.05) is 6.92 Å². The molecule has 2 rings (SSSR count). The number of anilines is 1. The van der Waals surface area contributed by atoms with Gasteiger partial charge in [0, 0.05) is 17.8 Å². The number of rotatable bonds is 6. The molecule has 0 saturated carbocycles. The molecule has 2 N–H and O–H groups in total. The average molecular weight is 347 g/mol. The van der Waals surface area contributed by atoms with E-state index in [0.29, 0.717) is 17.2 Å². The number of aryl methyl sites for hydroxylation is 1. The second kappa shape index (κ2) is 7.42. The maximum atomic E-state index is 13.4. The summed E-state index contributed by atoms with van der Waals surface area (Å²) in [7, 11) is 0. The molecule has 0 saturated heterocycles. The molecule has 0 atom stereocenters. The molecular formula is C19H22FNO4. The standard InChI is InChI=1S/C19H22FNO4/c1-5-23-18(22)19(3,4)25-17-7-6-15(8-12(17)2)24-16-10-13(20)9-14(21)11-16/h6-11H,5,21H2,1-4H3. The quantitative estimate of drug-likeness (QED) is 0.625. The molecule has 2 aromatic carbocycles. The van der Waals surface area contributed by atoms with E-state index >= 15 is 0 Å². The van der Waals surface area contributed by atoms with Crippen LogP contribution in [0.3, 0.4) is 0 Å². The molecule has 6 heteroatoms. The zero-order valence-electron chi connectivity index (χ0n) is 14.8. The summed E-state index contributed by atoms with van der Waals surface area (Å²) >= 11 is 0. The van der Waals surface area contributed by atoms with Gasteiger partial charge in [0.2, 0.25) is 0 Å². The Morgan fingerprint density at radius 1 is 1.16 bits per heavy atom. The van der Waals surface area contributed by atoms with Crippen molar-refractivity contribution in [2.75, 3.05) is 12.3 Å². The van der Waals surface area contributed by atoms with Crippen LogP contribution in [0, 0.1) is 12.7 Å². The van der Waals surface area contributed by atoms with Crippen molar-refractivity contribution in [3.8, 4) is 17.2 Å². The smallest absolute Gasteiger partial charge is 0.349 e. The number of ether oxygens (including phenoxy) is 3. The third kappa shape index (κ3) is 4.86. The highest BCUT2D eigenvalue weighted by Crippen LogP contribution is 2.30. The highest BCUT2D eigenvalue weighted by molar-refractivity contribution is 5.79. The second-order valence-electron chi connectivity index (χ2n) is 6.08. The molecule has 2 aromatic rings. The Morgan fingerprint density at radius 3 is 2.48 bits per heavy atom. The topological polar surface area (TPSA) is 70.8 Å². The summed E-state index contributed by atoms with van der Waals surface area (Å²) in [5, 5.41) is 0. The van der Waals surface area contributed by atoms with Crippen LogP contribution in [0.1, 0.15) is 26.3 Å². The van der Waals surface area contributed by atoms with Gasteiger partial charge in [-0.2, -0.15) is 0 Å². The van der Waals surface area contributed by atoms with Crippen LogP contribution in [0.25, 0.3) is 0 Å². The van der Waals surface area contributed by atoms with Crippen molar-refractivity contribution >= 4 is 11.7 Å². The van der Waals surface area contributed by atoms with Crippen molar-refractivity contribution in [2.45, 2.75) is 33.3 Å². The molecule has 0 radical (unpaired) electrons. The molecule has 0 spiro atoms. The van der Waals surface area contributed by atoms with Crippen LogP contribution in [0.15, 0.2) is 36.4 Å². The van der Waals surface area contributed by atoms with Crippen LogP contribution in [0.2, 0.25) is 0 Å². The number of esters is 1. The third-order valence-corrected chi connectivity index (χ3v) is 3.41. The number of carbonyl (C=O) groups excluding carboxylic acids is 1. The molecule has 0 fully saturated rings. The molecule has 0 amide bonds. The van der Waals surface area contributed by atoms with Crippen LogP contribution >= 0.6 is 0 Å². The minimum absolute atomic E-state index is 0.280. The van der Waals surface area contributed by atoms with E-state index in [4.69, 9.17) is 19.9 Å². The maximum absolute atomic E-state index is 13.4. The predicted molar refractivity (Wildman–Crippen MR) is 93.4 cm³/mol. The molecular weight excluding hydrogens is 325 g/mol. The third-order valence-electron chi connectivity index (χ3n) is 3.41. The number of halogens is 1. The Kier molecular flexibility index (Phi) is 5.51. The van der Waals surface area contributed by atoms with Crippen LogP contribution in [0.5, 0.6) is 17.2 Å². The lowest BCUT2D eigenvalue weighted by Crippen LogP contribution is -2.39. The van der Waals surface area contributed by atoms with E-state index in [2.05, 4.69) is 0 Å². The van der Waals surface area contributed by atoms with Gasteiger partial charge in [0.05, 0.1) is 6.61 Å². The highest BCUT2D eigenvalue weighted by atomic mass is 19.1. The van der Waals surface area contributed by atoms with E-state index in [-0.39, 0.29) is 12.3 Å². The van der Waals surface area contributed by atoms with Gasteiger partial charge in [-0.25, -0.2) is 9.18 Å². The summed E-state index contributed by atoms with van der Waals surface area (Å²) in [5.74, 6) is 0.429. The van der Waals surface area contributed by atoms with Gasteiger partial charge in [0.25, 0.3) is 0 Å². The molecule has 0 aromatic heterocycles. The van der Waals surface area contributed by atoms with Crippen LogP contribution in [-0.4, -0.2) is 18.2 Å². The van der Waals surface area contributed by atoms with Gasteiger partial charge in [-0.3, -0.25) is 0 Å². The Labute approximate surface area is 146 Å². The number of nitrogen functional groups attached to an aromatic ring is 1. The zero-order valence-corrected chi connectivity index (χ0v) is 14.8. The Bertz CT molecular complexity index is 754. The maximum Gasteiger partial charge on any atom is 0.349 e. The van der Waals surface area contributed by atoms with Crippen LogP contribution in [0.4, 0.5) is 10.1 Å². The number of carbonyl (C=O) groups is 1. The summed E-state index contributed by atoms with van der Waals surface area (Å²) < 4.78 is 29.8. The summed E-state index contributed by atoms with van der Waals surface area (Å²) in [4.78, 5) is 11.9. The molecule has 0 aliphatic rings. The van der Waals surface area contributed by atoms with Gasteiger partial charge in [-0.1, -0.05) is 0 Å². The van der Waals surface area contributed by atoms with Gasteiger partial charge in [-0.05, 0) is 57.5 Å². The first-order valence-corrected chi connectivity index (χ1v) is 7.92. The van der Waals surface area contributed by atoms with E-state index in [9.17, 15) is 9.18 Å². The number of hydrogen-bond donors (Lipinski definition) is 1. The SMILES string of the molecule is CCOC(=O)C(C)(C)Oc1ccc(Oc2cc(N)cc(F)c2)cc1C. The fourth-order valence-corrected chi connectivity index (χ4v) is 2.20. The number of benzene rings is 2. The normalized spacial score (nSPS) is 11.1. The van der Waals surface area contributed by atoms with Crippen molar-refractivity contribution in [2.24, 2.45) is 0 Å². The molecule has 134 valence electrons. The zero-order chi connectivity index (χ0) is 18.6. The van der Waals surface area contributed by atoms with Gasteiger partial charge >= 0.3 is 5.97 Å². The van der Waals surface area contributed by atoms with Gasteiger partial charge in [-0.15, -0.1) is 0 Å². The van der Waals surface area contributed by atoms with Crippen molar-refractivity contribution in [1.82, 2.24) is 0 Å². The van der Waals surface area contributed by atoms with E-state index in [1.54, 1.807) is 39.0 Å². The summed E-state index contributed by atoms with van der Waals surface area (Å²) in [5.41, 5.74) is 5.54. The second-order valence-corrected chi connectivity index (χ2v) is 6.08. The highest BCUT2D eigenvalue weighted by Gasteiger charge is 2.32. The van der Waals surface area contributed by atoms with Crippen molar-refractivity contribution < 1.29 is 23.4 Å². The largest absolute Gasteiger partial charge is 0.476 e. The summed E-state index contributed by atoms with van der Waals surface area (Å²) in [6.07, 6.45) is 0. The molecule has 0 heterocycles. The van der Waals surface area contributed by atoms with Crippen molar-refractivity contribution in [3.63, 3.8) is 0 Å². The van der Waals surface area contributed by atoms with Crippen LogP contribution in [-0.2, 0) is 9.53 Å². The van der Waals surface area contributed by atoms with E-state index in [1.165, 1.54) is 18.2 Å². The molecule has 0 aliphatic carbocycles. The first kappa shape index (κ1) is 18.6. The first-order chi connectivity index (χ1) is 11.7. The lowest BCUT2D eigenvalue weighted by atomic mass is 10.1. The predicted octanol–water partition coefficient (Wildman–Crippen LogP) is 4.23. The van der Waals surface area contributed by atoms with Gasteiger partial charge < -0.3 is 19.9 Å². The molecule has 0 bridgehead atoms. The van der Waals surface area contributed by atoms with Crippen molar-refractivity contribution in [1.29, 1.82) is 0 Å². The number of nitrogens with two attached hydrogens (primary N) is 1. The Balaban J connectivity index is 2.16. The molecule has 25 heavy (non-hydrogen) atoms. The monoisotopic (exact) mass is 347 g/mol. The lowest BCUT2D eigenvalue weighted by Gasteiger charge is -2.25. The molecule has 0 unspecified atom stereocenters. The van der Waals surface area contributed by atoms with E-state index < -0.39 is 17.4 Å². The number of hydrogen-bond acceptors (Lipinski definition) is 5. The summed E-state index contributed by atoms with van der Waals surface area (Å²) in [6, 6.07) is 9.09. The molecule has 5 nitrogen and oxygen atoms in total. The van der Waals surface area contributed by atoms with Crippen LogP contribution < -0.4 is 15.2 Å². The molecule has 0 aliphatic heterocycles. The fraction of sp³-hybridized carbons (Fsp3) is 0.316. The first-order valence-electron chi connectivity index (χ1n) is 7.92. The minimum Gasteiger partial charge on any atom is -0.476 e. The average Bonchev–Trinajstić information content (AvgIpc) is 2.49. The van der Waals surface area contributed by atoms with Gasteiger partial charge in [0.15, 0.2) is 5.60 Å². The van der Waals surface area contributed by atoms with Gasteiger partial charge in [0.1, 0.15) is 23.1 Å². The Hall–Kier alpha value is -2.76. The Morgan fingerprint density at radius 2 is 1.88 bits per heavy atom. The lowest BCUT2D eigenvalue weighted by molar-refractivity contribution is -0.158. The van der Waals surface area contributed by atoms with E-state index in [0.717, 1.165) is 5.56 Å². The summed E-state index contributed by atoms with van der Waals surface area (Å²) in [6.45, 7) is 7.14. The van der Waals surface area contributed by atoms with Crippen molar-refractivity contribution in [3.05, 3.63) is 47.8 Å². The minimum atomic E-state index is -1.11. The fourth-order valence-electron chi connectivity index (χ4n) is 2.20.